The first-order valence-electron chi connectivity index (χ1n) is 39.3. The maximum Gasteiger partial charge on any atom is 0.472 e. The standard InChI is InChI=1S/C76H148O17P2/c1-8-9-10-11-12-13-14-15-16-17-18-19-31-38-45-52-59-75(80)92-71(63-86-73(78)57-50-43-36-29-23-20-26-33-40-47-54-67(2)3)65-90-94(82,83)88-61-70(77)62-89-95(84,85)91-66-72(93-76(81)60-53-46-39-32-25-22-28-35-42-49-56-69(6)7)64-87-74(79)58-51-44-37-30-24-21-27-34-41-48-55-68(4)5/h67-72,77H,8-66H2,1-7H3,(H,82,83)(H,84,85)/t70-,71-,72-/m1/s1. The molecule has 0 bridgehead atoms. The molecule has 0 spiro atoms. The van der Waals surface area contributed by atoms with Gasteiger partial charge in [-0.05, 0) is 43.4 Å². The van der Waals surface area contributed by atoms with Gasteiger partial charge in [-0.1, -0.05) is 337 Å². The van der Waals surface area contributed by atoms with Crippen LogP contribution in [0.1, 0.15) is 389 Å². The van der Waals surface area contributed by atoms with Crippen LogP contribution in [-0.4, -0.2) is 96.7 Å². The van der Waals surface area contributed by atoms with Gasteiger partial charge in [-0.3, -0.25) is 37.3 Å². The van der Waals surface area contributed by atoms with Gasteiger partial charge in [-0.25, -0.2) is 9.13 Å². The molecule has 0 aliphatic rings. The highest BCUT2D eigenvalue weighted by atomic mass is 31.2. The minimum atomic E-state index is -4.96. The Hall–Kier alpha value is -1.94. The van der Waals surface area contributed by atoms with Crippen LogP contribution in [0.25, 0.3) is 0 Å². The van der Waals surface area contributed by atoms with Gasteiger partial charge in [0.05, 0.1) is 26.4 Å². The molecule has 17 nitrogen and oxygen atoms in total. The topological polar surface area (TPSA) is 237 Å². The molecule has 0 aromatic carbocycles. The summed E-state index contributed by atoms with van der Waals surface area (Å²) in [6, 6.07) is 0. The highest BCUT2D eigenvalue weighted by molar-refractivity contribution is 7.47. The number of hydrogen-bond acceptors (Lipinski definition) is 15. The fourth-order valence-corrected chi connectivity index (χ4v) is 13.2. The Kier molecular flexibility index (Phi) is 65.2. The average Bonchev–Trinajstić information content (AvgIpc) is 1.91. The van der Waals surface area contributed by atoms with Crippen LogP contribution in [0.3, 0.4) is 0 Å². The van der Waals surface area contributed by atoms with Crippen molar-refractivity contribution in [2.75, 3.05) is 39.6 Å². The van der Waals surface area contributed by atoms with Crippen molar-refractivity contribution in [1.29, 1.82) is 0 Å². The van der Waals surface area contributed by atoms with Crippen LogP contribution in [0.2, 0.25) is 0 Å². The Balaban J connectivity index is 5.27. The van der Waals surface area contributed by atoms with Crippen LogP contribution in [0, 0.1) is 17.8 Å². The third-order valence-electron chi connectivity index (χ3n) is 17.6. The largest absolute Gasteiger partial charge is 0.472 e. The lowest BCUT2D eigenvalue weighted by Gasteiger charge is -2.21. The first kappa shape index (κ1) is 93.1. The number of aliphatic hydroxyl groups is 1. The zero-order valence-corrected chi connectivity index (χ0v) is 63.9. The number of rotatable bonds is 74. The van der Waals surface area contributed by atoms with E-state index in [2.05, 4.69) is 48.5 Å². The van der Waals surface area contributed by atoms with Crippen molar-refractivity contribution in [3.63, 3.8) is 0 Å². The molecule has 0 aromatic heterocycles. The predicted molar refractivity (Wildman–Crippen MR) is 386 cm³/mol. The smallest absolute Gasteiger partial charge is 0.462 e. The van der Waals surface area contributed by atoms with E-state index >= 15 is 0 Å². The van der Waals surface area contributed by atoms with E-state index in [9.17, 15) is 43.2 Å². The first-order chi connectivity index (χ1) is 45.7. The zero-order valence-electron chi connectivity index (χ0n) is 62.1. The molecular formula is C76H148O17P2. The number of carbonyl (C=O) groups excluding carboxylic acids is 4. The number of phosphoric ester groups is 2. The zero-order chi connectivity index (χ0) is 70.1. The van der Waals surface area contributed by atoms with E-state index in [-0.39, 0.29) is 25.7 Å². The van der Waals surface area contributed by atoms with E-state index in [4.69, 9.17) is 37.0 Å². The number of carbonyl (C=O) groups is 4. The molecule has 0 fully saturated rings. The molecule has 0 amide bonds. The van der Waals surface area contributed by atoms with E-state index in [0.29, 0.717) is 25.7 Å². The minimum absolute atomic E-state index is 0.106. The van der Waals surface area contributed by atoms with Crippen molar-refractivity contribution >= 4 is 39.5 Å². The third kappa shape index (κ3) is 70.3. The molecule has 95 heavy (non-hydrogen) atoms. The lowest BCUT2D eigenvalue weighted by atomic mass is 10.0. The van der Waals surface area contributed by atoms with Crippen molar-refractivity contribution < 1.29 is 80.2 Å². The fraction of sp³-hybridized carbons (Fsp3) is 0.947. The van der Waals surface area contributed by atoms with Crippen LogP contribution >= 0.6 is 15.6 Å². The third-order valence-corrected chi connectivity index (χ3v) is 19.5. The number of ether oxygens (including phenoxy) is 4. The Morgan fingerprint density at radius 1 is 0.284 bits per heavy atom. The Morgan fingerprint density at radius 2 is 0.484 bits per heavy atom. The van der Waals surface area contributed by atoms with E-state index < -0.39 is 97.5 Å². The SMILES string of the molecule is CCCCCCCCCCCCCCCCCCC(=O)O[C@H](COC(=O)CCCCCCCCCCCCC(C)C)COP(=O)(O)OC[C@@H](O)COP(=O)(O)OC[C@@H](COC(=O)CCCCCCCCCCCCC(C)C)OC(=O)CCCCCCCCCCCCC(C)C. The molecule has 0 saturated heterocycles. The van der Waals surface area contributed by atoms with Crippen LogP contribution in [-0.2, 0) is 65.4 Å². The summed E-state index contributed by atoms with van der Waals surface area (Å²) in [5.41, 5.74) is 0. The summed E-state index contributed by atoms with van der Waals surface area (Å²) >= 11 is 0. The molecule has 564 valence electrons. The Morgan fingerprint density at radius 3 is 0.716 bits per heavy atom. The summed E-state index contributed by atoms with van der Waals surface area (Å²) in [5, 5.41) is 10.6. The molecule has 0 saturated carbocycles. The van der Waals surface area contributed by atoms with Crippen molar-refractivity contribution in [2.24, 2.45) is 17.8 Å². The monoisotopic (exact) mass is 1400 g/mol. The molecule has 19 heteroatoms. The summed E-state index contributed by atoms with van der Waals surface area (Å²) in [4.78, 5) is 72.9. The first-order valence-corrected chi connectivity index (χ1v) is 42.3. The fourth-order valence-electron chi connectivity index (χ4n) is 11.6. The summed E-state index contributed by atoms with van der Waals surface area (Å²) in [6.45, 7) is 11.9. The normalized spacial score (nSPS) is 14.1. The van der Waals surface area contributed by atoms with Crippen molar-refractivity contribution in [3.05, 3.63) is 0 Å². The summed E-state index contributed by atoms with van der Waals surface area (Å²) < 4.78 is 68.6. The van der Waals surface area contributed by atoms with Gasteiger partial charge in [0.15, 0.2) is 12.2 Å². The number of esters is 4. The Bertz CT molecular complexity index is 1850. The number of aliphatic hydroxyl groups excluding tert-OH is 1. The quantitative estimate of drug-likeness (QED) is 0.0222. The molecule has 0 aromatic rings. The highest BCUT2D eigenvalue weighted by Gasteiger charge is 2.30. The molecule has 5 atom stereocenters. The summed E-state index contributed by atoms with van der Waals surface area (Å²) in [7, 11) is -9.91. The van der Waals surface area contributed by atoms with Gasteiger partial charge in [0, 0.05) is 25.7 Å². The van der Waals surface area contributed by atoms with E-state index in [1.54, 1.807) is 0 Å². The van der Waals surface area contributed by atoms with E-state index in [0.717, 1.165) is 108 Å². The number of phosphoric acid groups is 2. The second kappa shape index (κ2) is 66.6. The lowest BCUT2D eigenvalue weighted by Crippen LogP contribution is -2.30. The van der Waals surface area contributed by atoms with Crippen LogP contribution in [0.15, 0.2) is 0 Å². The summed E-state index contributed by atoms with van der Waals surface area (Å²) in [6.07, 6.45) is 52.6. The van der Waals surface area contributed by atoms with E-state index in [1.165, 1.54) is 199 Å². The van der Waals surface area contributed by atoms with Crippen molar-refractivity contribution in [1.82, 2.24) is 0 Å². The average molecular weight is 1400 g/mol. The van der Waals surface area contributed by atoms with Gasteiger partial charge in [0.25, 0.3) is 0 Å². The molecule has 0 rings (SSSR count). The van der Waals surface area contributed by atoms with Gasteiger partial charge in [-0.15, -0.1) is 0 Å². The van der Waals surface area contributed by atoms with Gasteiger partial charge >= 0.3 is 39.5 Å². The maximum atomic E-state index is 13.1. The summed E-state index contributed by atoms with van der Waals surface area (Å²) in [5.74, 6) is 0.153. The van der Waals surface area contributed by atoms with Gasteiger partial charge in [0.1, 0.15) is 19.3 Å². The van der Waals surface area contributed by atoms with Crippen molar-refractivity contribution in [2.45, 2.75) is 407 Å². The molecular weight excluding hydrogens is 1250 g/mol. The van der Waals surface area contributed by atoms with Crippen LogP contribution in [0.4, 0.5) is 0 Å². The number of hydrogen-bond donors (Lipinski definition) is 3. The Labute approximate surface area is 581 Å². The second-order valence-corrected chi connectivity index (χ2v) is 31.7. The number of unbranched alkanes of at least 4 members (excludes halogenated alkanes) is 42. The molecule has 0 aliphatic heterocycles. The second-order valence-electron chi connectivity index (χ2n) is 28.8. The maximum absolute atomic E-state index is 13.1. The van der Waals surface area contributed by atoms with Crippen molar-refractivity contribution in [3.8, 4) is 0 Å². The van der Waals surface area contributed by atoms with E-state index in [1.807, 2.05) is 0 Å². The molecule has 0 aliphatic carbocycles. The molecule has 2 unspecified atom stereocenters. The van der Waals surface area contributed by atoms with Crippen LogP contribution in [0.5, 0.6) is 0 Å². The minimum Gasteiger partial charge on any atom is -0.462 e. The van der Waals surface area contributed by atoms with Gasteiger partial charge in [-0.2, -0.15) is 0 Å². The lowest BCUT2D eigenvalue weighted by molar-refractivity contribution is -0.161. The highest BCUT2D eigenvalue weighted by Crippen LogP contribution is 2.45. The van der Waals surface area contributed by atoms with Crippen LogP contribution < -0.4 is 0 Å². The van der Waals surface area contributed by atoms with Gasteiger partial charge < -0.3 is 33.8 Å². The predicted octanol–water partition coefficient (Wildman–Crippen LogP) is 22.2. The molecule has 0 radical (unpaired) electrons. The van der Waals surface area contributed by atoms with Gasteiger partial charge in [0.2, 0.25) is 0 Å². The molecule has 0 heterocycles. The molecule has 3 N–H and O–H groups in total.